The summed E-state index contributed by atoms with van der Waals surface area (Å²) in [5, 5.41) is 16.4. The highest BCUT2D eigenvalue weighted by atomic mass is 32.2. The molecule has 2 N–H and O–H groups in total. The van der Waals surface area contributed by atoms with E-state index in [0.717, 1.165) is 4.31 Å². The molecule has 0 atom stereocenters. The van der Waals surface area contributed by atoms with Crippen LogP contribution in [-0.4, -0.2) is 63.7 Å². The van der Waals surface area contributed by atoms with Crippen LogP contribution in [-0.2, 0) is 16.6 Å². The van der Waals surface area contributed by atoms with Crippen molar-refractivity contribution in [2.24, 2.45) is 0 Å². The Morgan fingerprint density at radius 1 is 1.12 bits per heavy atom. The van der Waals surface area contributed by atoms with Crippen LogP contribution in [0.5, 0.6) is 0 Å². The van der Waals surface area contributed by atoms with E-state index in [4.69, 9.17) is 5.11 Å². The lowest BCUT2D eigenvalue weighted by molar-refractivity contribution is 0.0952. The summed E-state index contributed by atoms with van der Waals surface area (Å²) in [5.74, 6) is -0.758. The molecule has 0 radical (unpaired) electrons. The molecule has 0 aliphatic carbocycles. The van der Waals surface area contributed by atoms with E-state index in [1.807, 2.05) is 0 Å². The van der Waals surface area contributed by atoms with Crippen molar-refractivity contribution in [3.63, 3.8) is 0 Å². The van der Waals surface area contributed by atoms with Gasteiger partial charge < -0.3 is 10.4 Å². The number of hydrogen-bond donors (Lipinski definition) is 2. The predicted octanol–water partition coefficient (Wildman–Crippen LogP) is 1.50. The number of aliphatic hydroxyl groups is 1. The Morgan fingerprint density at radius 3 is 2.56 bits per heavy atom. The van der Waals surface area contributed by atoms with Gasteiger partial charge in [-0.2, -0.15) is 9.40 Å². The molecule has 34 heavy (non-hydrogen) atoms. The number of fused-ring (bicyclic) bond motifs is 1. The number of carbonyl (C=O) groups excluding carboxylic acids is 1. The molecule has 1 amide bonds. The number of halogens is 1. The molecule has 1 aromatic carbocycles. The molecule has 4 aromatic rings. The van der Waals surface area contributed by atoms with Crippen LogP contribution in [0.3, 0.4) is 0 Å². The zero-order valence-electron chi connectivity index (χ0n) is 18.1. The maximum absolute atomic E-state index is 13.2. The average Bonchev–Trinajstić information content (AvgIpc) is 3.28. The summed E-state index contributed by atoms with van der Waals surface area (Å²) in [7, 11) is -2.45. The zero-order valence-corrected chi connectivity index (χ0v) is 18.9. The predicted molar refractivity (Wildman–Crippen MR) is 121 cm³/mol. The van der Waals surface area contributed by atoms with Crippen molar-refractivity contribution in [1.82, 2.24) is 29.4 Å². The van der Waals surface area contributed by atoms with E-state index in [9.17, 15) is 17.6 Å². The van der Waals surface area contributed by atoms with E-state index in [2.05, 4.69) is 20.4 Å². The molecule has 0 saturated carbocycles. The van der Waals surface area contributed by atoms with Crippen LogP contribution >= 0.6 is 0 Å². The van der Waals surface area contributed by atoms with Gasteiger partial charge in [-0.1, -0.05) is 6.07 Å². The molecule has 3 heterocycles. The Hall–Kier alpha value is -3.74. The molecule has 0 fully saturated rings. The van der Waals surface area contributed by atoms with Gasteiger partial charge in [0.1, 0.15) is 5.82 Å². The summed E-state index contributed by atoms with van der Waals surface area (Å²) in [6.07, 6.45) is 5.91. The van der Waals surface area contributed by atoms with Crippen LogP contribution in [0.2, 0.25) is 0 Å². The van der Waals surface area contributed by atoms with Crippen molar-refractivity contribution >= 4 is 26.8 Å². The number of carbonyl (C=O) groups is 1. The number of benzene rings is 1. The first-order chi connectivity index (χ1) is 16.3. The molecule has 0 aliphatic rings. The quantitative estimate of drug-likeness (QED) is 0.388. The number of amides is 1. The molecule has 0 unspecified atom stereocenters. The summed E-state index contributed by atoms with van der Waals surface area (Å²) >= 11 is 0. The highest BCUT2D eigenvalue weighted by Crippen LogP contribution is 2.21. The van der Waals surface area contributed by atoms with Crippen LogP contribution in [0.25, 0.3) is 16.6 Å². The molecule has 0 saturated heterocycles. The fourth-order valence-electron chi connectivity index (χ4n) is 3.28. The van der Waals surface area contributed by atoms with Crippen molar-refractivity contribution < 1.29 is 22.7 Å². The number of aromatic nitrogens is 4. The highest BCUT2D eigenvalue weighted by molar-refractivity contribution is 7.89. The molecule has 10 nitrogen and oxygen atoms in total. The normalized spacial score (nSPS) is 11.8. The molecular weight excluding hydrogens is 463 g/mol. The third-order valence-electron chi connectivity index (χ3n) is 5.15. The maximum Gasteiger partial charge on any atom is 0.260 e. The molecule has 176 valence electrons. The van der Waals surface area contributed by atoms with Gasteiger partial charge in [-0.05, 0) is 35.9 Å². The number of nitrogens with zero attached hydrogens (tertiary/aromatic N) is 5. The second-order valence-corrected chi connectivity index (χ2v) is 9.38. The van der Waals surface area contributed by atoms with E-state index in [-0.39, 0.29) is 30.5 Å². The van der Waals surface area contributed by atoms with E-state index in [1.165, 1.54) is 37.6 Å². The monoisotopic (exact) mass is 484 g/mol. The number of rotatable bonds is 8. The van der Waals surface area contributed by atoms with E-state index < -0.39 is 15.9 Å². The van der Waals surface area contributed by atoms with Crippen LogP contribution in [0.1, 0.15) is 15.9 Å². The number of sulfonamides is 1. The first kappa shape index (κ1) is 23.4. The van der Waals surface area contributed by atoms with Gasteiger partial charge in [-0.3, -0.25) is 9.78 Å². The molecule has 3 aromatic heterocycles. The van der Waals surface area contributed by atoms with Crippen LogP contribution in [0.15, 0.2) is 66.2 Å². The van der Waals surface area contributed by atoms with Gasteiger partial charge in [-0.25, -0.2) is 22.5 Å². The van der Waals surface area contributed by atoms with Crippen molar-refractivity contribution in [2.75, 3.05) is 20.2 Å². The van der Waals surface area contributed by atoms with Gasteiger partial charge in [0, 0.05) is 37.9 Å². The van der Waals surface area contributed by atoms with Crippen molar-refractivity contribution in [1.29, 1.82) is 0 Å². The largest absolute Gasteiger partial charge is 0.395 e. The van der Waals surface area contributed by atoms with E-state index in [1.54, 1.807) is 35.3 Å². The average molecular weight is 485 g/mol. The molecular formula is C22H21FN6O4S. The van der Waals surface area contributed by atoms with Crippen LogP contribution < -0.4 is 5.32 Å². The number of hydrogen-bond acceptors (Lipinski definition) is 7. The molecule has 12 heteroatoms. The number of aliphatic hydroxyl groups excluding tert-OH is 1. The minimum absolute atomic E-state index is 0.0425. The fraction of sp³-hybridized carbons (Fsp3) is 0.182. The minimum Gasteiger partial charge on any atom is -0.395 e. The number of likely N-dealkylation sites (N-methyl/N-ethyl adjacent to an activating group) is 1. The van der Waals surface area contributed by atoms with Gasteiger partial charge in [0.2, 0.25) is 0 Å². The van der Waals surface area contributed by atoms with Gasteiger partial charge in [-0.15, -0.1) is 0 Å². The Kier molecular flexibility index (Phi) is 6.63. The minimum atomic E-state index is -3.80. The SMILES string of the molecule is CN(CCO)S(=O)(=O)c1ccc(CNC(=O)c2cncc3c2cnn3-c2ccc(F)cc2)cn1. The van der Waals surface area contributed by atoms with E-state index in [0.29, 0.717) is 27.7 Å². The number of nitrogens with one attached hydrogen (secondary N) is 1. The van der Waals surface area contributed by atoms with Gasteiger partial charge >= 0.3 is 0 Å². The summed E-state index contributed by atoms with van der Waals surface area (Å²) in [6.45, 7) is -0.232. The Labute approximate surface area is 194 Å². The van der Waals surface area contributed by atoms with Crippen molar-refractivity contribution in [3.05, 3.63) is 78.1 Å². The zero-order chi connectivity index (χ0) is 24.3. The lowest BCUT2D eigenvalue weighted by Crippen LogP contribution is -2.30. The van der Waals surface area contributed by atoms with Crippen molar-refractivity contribution in [3.8, 4) is 5.69 Å². The topological polar surface area (TPSA) is 130 Å². The fourth-order valence-corrected chi connectivity index (χ4v) is 4.34. The van der Waals surface area contributed by atoms with Crippen LogP contribution in [0.4, 0.5) is 4.39 Å². The summed E-state index contributed by atoms with van der Waals surface area (Å²) in [4.78, 5) is 20.9. The number of pyridine rings is 2. The smallest absolute Gasteiger partial charge is 0.260 e. The van der Waals surface area contributed by atoms with Gasteiger partial charge in [0.25, 0.3) is 15.9 Å². The van der Waals surface area contributed by atoms with E-state index >= 15 is 0 Å². The Balaban J connectivity index is 1.49. The molecule has 0 aliphatic heterocycles. The second kappa shape index (κ2) is 9.63. The Bertz CT molecular complexity index is 1420. The Morgan fingerprint density at radius 2 is 1.88 bits per heavy atom. The molecule has 0 bridgehead atoms. The highest BCUT2D eigenvalue weighted by Gasteiger charge is 2.21. The lowest BCUT2D eigenvalue weighted by Gasteiger charge is -2.15. The summed E-state index contributed by atoms with van der Waals surface area (Å²) in [6, 6.07) is 8.70. The second-order valence-electron chi connectivity index (χ2n) is 7.39. The van der Waals surface area contributed by atoms with Crippen LogP contribution in [0, 0.1) is 5.82 Å². The molecule has 4 rings (SSSR count). The third kappa shape index (κ3) is 4.64. The summed E-state index contributed by atoms with van der Waals surface area (Å²) < 4.78 is 40.6. The standard InChI is InChI=1S/C22H21FN6O4S/c1-28(8-9-30)34(32,33)21-7-2-15(10-25-21)11-26-22(31)19-12-24-14-20-18(19)13-27-29(20)17-5-3-16(23)4-6-17/h2-7,10,12-14,30H,8-9,11H2,1H3,(H,26,31). The van der Waals surface area contributed by atoms with Gasteiger partial charge in [0.05, 0.1) is 35.8 Å². The first-order valence-electron chi connectivity index (χ1n) is 10.2. The summed E-state index contributed by atoms with van der Waals surface area (Å²) in [5.41, 5.74) is 2.12. The third-order valence-corrected chi connectivity index (χ3v) is 6.93. The maximum atomic E-state index is 13.2. The first-order valence-corrected chi connectivity index (χ1v) is 11.6. The van der Waals surface area contributed by atoms with Gasteiger partial charge in [0.15, 0.2) is 5.03 Å². The molecule has 0 spiro atoms. The van der Waals surface area contributed by atoms with Crippen molar-refractivity contribution in [2.45, 2.75) is 11.6 Å². The lowest BCUT2D eigenvalue weighted by atomic mass is 10.1.